The summed E-state index contributed by atoms with van der Waals surface area (Å²) in [4.78, 5) is 21.0. The first-order valence-electron chi connectivity index (χ1n) is 9.75. The molecule has 0 radical (unpaired) electrons. The SMILES string of the molecule is COc1ccc(N2CCN(C(=O)CSc3nnc(-c4cccnc4)n3C)CC2)cc1. The Morgan fingerprint density at radius 1 is 1.10 bits per heavy atom. The summed E-state index contributed by atoms with van der Waals surface area (Å²) in [6, 6.07) is 11.8. The molecule has 2 aromatic heterocycles. The van der Waals surface area contributed by atoms with Gasteiger partial charge in [-0.2, -0.15) is 0 Å². The molecular formula is C21H24N6O2S. The standard InChI is InChI=1S/C21H24N6O2S/c1-25-20(16-4-3-9-22-14-16)23-24-21(25)30-15-19(28)27-12-10-26(11-13-27)17-5-7-18(29-2)8-6-17/h3-9,14H,10-13,15H2,1-2H3. The van der Waals surface area contributed by atoms with Crippen molar-refractivity contribution in [3.63, 3.8) is 0 Å². The lowest BCUT2D eigenvalue weighted by atomic mass is 10.2. The van der Waals surface area contributed by atoms with E-state index in [1.807, 2.05) is 40.8 Å². The molecule has 1 aliphatic heterocycles. The van der Waals surface area contributed by atoms with Crippen LogP contribution in [-0.4, -0.2) is 69.6 Å². The summed E-state index contributed by atoms with van der Waals surface area (Å²) in [6.07, 6.45) is 3.48. The van der Waals surface area contributed by atoms with Gasteiger partial charge < -0.3 is 19.1 Å². The molecule has 0 saturated carbocycles. The molecule has 0 atom stereocenters. The highest BCUT2D eigenvalue weighted by Crippen LogP contribution is 2.23. The number of amides is 1. The monoisotopic (exact) mass is 424 g/mol. The maximum Gasteiger partial charge on any atom is 0.233 e. The van der Waals surface area contributed by atoms with E-state index in [4.69, 9.17) is 4.74 Å². The zero-order valence-corrected chi connectivity index (χ0v) is 17.9. The van der Waals surface area contributed by atoms with Crippen LogP contribution < -0.4 is 9.64 Å². The Morgan fingerprint density at radius 2 is 1.87 bits per heavy atom. The van der Waals surface area contributed by atoms with Gasteiger partial charge >= 0.3 is 0 Å². The fourth-order valence-corrected chi connectivity index (χ4v) is 4.23. The highest BCUT2D eigenvalue weighted by Gasteiger charge is 2.22. The van der Waals surface area contributed by atoms with E-state index in [1.54, 1.807) is 19.5 Å². The maximum atomic E-state index is 12.7. The summed E-state index contributed by atoms with van der Waals surface area (Å²) in [6.45, 7) is 3.06. The second-order valence-corrected chi connectivity index (χ2v) is 7.90. The molecule has 30 heavy (non-hydrogen) atoms. The summed E-state index contributed by atoms with van der Waals surface area (Å²) < 4.78 is 7.11. The van der Waals surface area contributed by atoms with Gasteiger partial charge in [-0.1, -0.05) is 11.8 Å². The van der Waals surface area contributed by atoms with Crippen molar-refractivity contribution in [3.05, 3.63) is 48.8 Å². The normalized spacial score (nSPS) is 14.1. The Balaban J connectivity index is 1.30. The number of benzene rings is 1. The highest BCUT2D eigenvalue weighted by molar-refractivity contribution is 7.99. The first-order chi connectivity index (χ1) is 14.7. The number of rotatable bonds is 6. The van der Waals surface area contributed by atoms with Crippen LogP contribution in [0.1, 0.15) is 0 Å². The first-order valence-corrected chi connectivity index (χ1v) is 10.7. The van der Waals surface area contributed by atoms with Crippen LogP contribution >= 0.6 is 11.8 Å². The molecule has 1 aliphatic rings. The van der Waals surface area contributed by atoms with Crippen molar-refractivity contribution < 1.29 is 9.53 Å². The predicted octanol–water partition coefficient (Wildman–Crippen LogP) is 2.33. The molecule has 0 unspecified atom stereocenters. The summed E-state index contributed by atoms with van der Waals surface area (Å²) in [7, 11) is 3.57. The Bertz CT molecular complexity index is 984. The summed E-state index contributed by atoms with van der Waals surface area (Å²) >= 11 is 1.42. The number of ether oxygens (including phenoxy) is 1. The van der Waals surface area contributed by atoms with Crippen LogP contribution in [0.4, 0.5) is 5.69 Å². The molecule has 1 fully saturated rings. The zero-order valence-electron chi connectivity index (χ0n) is 17.1. The number of carbonyl (C=O) groups excluding carboxylic acids is 1. The van der Waals surface area contributed by atoms with E-state index in [0.29, 0.717) is 18.8 Å². The smallest absolute Gasteiger partial charge is 0.233 e. The molecule has 1 aromatic carbocycles. The van der Waals surface area contributed by atoms with Gasteiger partial charge in [0.1, 0.15) is 5.75 Å². The largest absolute Gasteiger partial charge is 0.497 e. The Hall–Kier alpha value is -3.07. The van der Waals surface area contributed by atoms with Gasteiger partial charge in [0.25, 0.3) is 0 Å². The second kappa shape index (κ2) is 9.17. The van der Waals surface area contributed by atoms with Crippen molar-refractivity contribution in [2.24, 2.45) is 7.05 Å². The van der Waals surface area contributed by atoms with E-state index in [1.165, 1.54) is 11.8 Å². The number of pyridine rings is 1. The third kappa shape index (κ3) is 4.40. The summed E-state index contributed by atoms with van der Waals surface area (Å²) in [5.74, 6) is 2.06. The van der Waals surface area contributed by atoms with Crippen molar-refractivity contribution in [3.8, 4) is 17.1 Å². The Kier molecular flexibility index (Phi) is 6.18. The number of anilines is 1. The first kappa shape index (κ1) is 20.2. The number of hydrogen-bond donors (Lipinski definition) is 0. The van der Waals surface area contributed by atoms with Gasteiger partial charge in [-0.05, 0) is 36.4 Å². The number of thioether (sulfide) groups is 1. The van der Waals surface area contributed by atoms with Gasteiger partial charge in [0.15, 0.2) is 11.0 Å². The molecule has 1 saturated heterocycles. The number of aromatic nitrogens is 4. The van der Waals surface area contributed by atoms with Crippen LogP contribution in [-0.2, 0) is 11.8 Å². The van der Waals surface area contributed by atoms with Crippen LogP contribution in [0.5, 0.6) is 5.75 Å². The molecule has 3 heterocycles. The second-order valence-electron chi connectivity index (χ2n) is 6.96. The van der Waals surface area contributed by atoms with Crippen molar-refractivity contribution in [2.75, 3.05) is 43.9 Å². The molecule has 8 nitrogen and oxygen atoms in total. The number of piperazine rings is 1. The molecule has 3 aromatic rings. The molecular weight excluding hydrogens is 400 g/mol. The third-order valence-electron chi connectivity index (χ3n) is 5.15. The molecule has 0 N–H and O–H groups in total. The minimum atomic E-state index is 0.125. The van der Waals surface area contributed by atoms with Crippen LogP contribution in [0, 0.1) is 0 Å². The van der Waals surface area contributed by atoms with Crippen LogP contribution in [0.3, 0.4) is 0 Å². The fourth-order valence-electron chi connectivity index (χ4n) is 3.41. The maximum absolute atomic E-state index is 12.7. The number of hydrogen-bond acceptors (Lipinski definition) is 7. The number of carbonyl (C=O) groups is 1. The van der Waals surface area contributed by atoms with Crippen LogP contribution in [0.2, 0.25) is 0 Å². The van der Waals surface area contributed by atoms with Gasteiger partial charge in [0.2, 0.25) is 5.91 Å². The minimum absolute atomic E-state index is 0.125. The Labute approximate surface area is 179 Å². The van der Waals surface area contributed by atoms with Gasteiger partial charge in [0, 0.05) is 56.9 Å². The quantitative estimate of drug-likeness (QED) is 0.562. The van der Waals surface area contributed by atoms with E-state index in [-0.39, 0.29) is 5.91 Å². The molecule has 0 bridgehead atoms. The lowest BCUT2D eigenvalue weighted by Gasteiger charge is -2.36. The molecule has 0 aliphatic carbocycles. The molecule has 1 amide bonds. The lowest BCUT2D eigenvalue weighted by Crippen LogP contribution is -2.49. The van der Waals surface area contributed by atoms with Gasteiger partial charge in [-0.15, -0.1) is 10.2 Å². The van der Waals surface area contributed by atoms with Gasteiger partial charge in [0.05, 0.1) is 12.9 Å². The van der Waals surface area contributed by atoms with Crippen LogP contribution in [0.15, 0.2) is 53.9 Å². The van der Waals surface area contributed by atoms with E-state index in [2.05, 4.69) is 32.2 Å². The zero-order chi connectivity index (χ0) is 20.9. The molecule has 156 valence electrons. The molecule has 0 spiro atoms. The van der Waals surface area contributed by atoms with Crippen molar-refractivity contribution >= 4 is 23.4 Å². The van der Waals surface area contributed by atoms with Gasteiger partial charge in [-0.3, -0.25) is 9.78 Å². The van der Waals surface area contributed by atoms with Crippen molar-refractivity contribution in [1.82, 2.24) is 24.6 Å². The minimum Gasteiger partial charge on any atom is -0.497 e. The summed E-state index contributed by atoms with van der Waals surface area (Å²) in [5, 5.41) is 9.20. The van der Waals surface area contributed by atoms with E-state index < -0.39 is 0 Å². The average Bonchev–Trinajstić information content (AvgIpc) is 3.18. The fraction of sp³-hybridized carbons (Fsp3) is 0.333. The molecule has 9 heteroatoms. The Morgan fingerprint density at radius 3 is 2.53 bits per heavy atom. The molecule has 4 rings (SSSR count). The number of nitrogens with zero attached hydrogens (tertiary/aromatic N) is 6. The van der Waals surface area contributed by atoms with E-state index in [9.17, 15) is 4.79 Å². The summed E-state index contributed by atoms with van der Waals surface area (Å²) in [5.41, 5.74) is 2.06. The predicted molar refractivity (Wildman–Crippen MR) is 117 cm³/mol. The van der Waals surface area contributed by atoms with E-state index in [0.717, 1.165) is 41.1 Å². The number of methoxy groups -OCH3 is 1. The lowest BCUT2D eigenvalue weighted by molar-refractivity contribution is -0.128. The van der Waals surface area contributed by atoms with Gasteiger partial charge in [-0.25, -0.2) is 0 Å². The van der Waals surface area contributed by atoms with Crippen molar-refractivity contribution in [2.45, 2.75) is 5.16 Å². The highest BCUT2D eigenvalue weighted by atomic mass is 32.2. The van der Waals surface area contributed by atoms with Crippen molar-refractivity contribution in [1.29, 1.82) is 0 Å². The third-order valence-corrected chi connectivity index (χ3v) is 6.15. The topological polar surface area (TPSA) is 76.4 Å². The average molecular weight is 425 g/mol. The van der Waals surface area contributed by atoms with E-state index >= 15 is 0 Å². The van der Waals surface area contributed by atoms with Crippen LogP contribution in [0.25, 0.3) is 11.4 Å².